The first-order chi connectivity index (χ1) is 10.2. The van der Waals surface area contributed by atoms with Crippen molar-refractivity contribution in [3.8, 4) is 0 Å². The molecule has 0 aromatic carbocycles. The number of hydrogen-bond acceptors (Lipinski definition) is 4. The first kappa shape index (κ1) is 24.6. The number of halogens is 6. The molecule has 24 heavy (non-hydrogen) atoms. The molecule has 0 aromatic heterocycles. The molecule has 0 N–H and O–H groups in total. The van der Waals surface area contributed by atoms with Gasteiger partial charge in [0.1, 0.15) is 0 Å². The lowest BCUT2D eigenvalue weighted by atomic mass is 9.96. The molecule has 0 spiro atoms. The van der Waals surface area contributed by atoms with E-state index in [1.807, 2.05) is 41.5 Å². The molecule has 0 amide bonds. The zero-order valence-corrected chi connectivity index (χ0v) is 14.1. The van der Waals surface area contributed by atoms with Gasteiger partial charge < -0.3 is 4.74 Å². The number of ketones is 2. The van der Waals surface area contributed by atoms with Crippen LogP contribution in [0.15, 0.2) is 0 Å². The fourth-order valence-corrected chi connectivity index (χ4v) is 0.756. The van der Waals surface area contributed by atoms with Crippen LogP contribution < -0.4 is 0 Å². The van der Waals surface area contributed by atoms with Crippen molar-refractivity contribution in [3.05, 3.63) is 0 Å². The molecule has 0 aromatic rings. The highest BCUT2D eigenvalue weighted by Gasteiger charge is 2.54. The molecule has 0 saturated heterocycles. The van der Waals surface area contributed by atoms with Crippen molar-refractivity contribution in [2.24, 2.45) is 10.8 Å². The maximum atomic E-state index is 11.3. The van der Waals surface area contributed by atoms with E-state index in [1.165, 1.54) is 0 Å². The zero-order valence-electron chi connectivity index (χ0n) is 14.1. The van der Waals surface area contributed by atoms with Crippen molar-refractivity contribution in [3.63, 3.8) is 0 Å². The number of carbonyl (C=O) groups excluding carboxylic acids is 3. The molecule has 0 aliphatic rings. The fourth-order valence-electron chi connectivity index (χ4n) is 0.756. The first-order valence-corrected chi connectivity index (χ1v) is 6.59. The van der Waals surface area contributed by atoms with E-state index in [4.69, 9.17) is 4.74 Å². The maximum absolute atomic E-state index is 11.3. The Morgan fingerprint density at radius 1 is 0.708 bits per heavy atom. The number of esters is 1. The average Bonchev–Trinajstić information content (AvgIpc) is 2.30. The molecule has 0 saturated carbocycles. The quantitative estimate of drug-likeness (QED) is 0.423. The van der Waals surface area contributed by atoms with E-state index in [9.17, 15) is 40.7 Å². The Bertz CT molecular complexity index is 440. The third-order valence-corrected chi connectivity index (χ3v) is 1.97. The van der Waals surface area contributed by atoms with Gasteiger partial charge in [-0.15, -0.1) is 0 Å². The van der Waals surface area contributed by atoms with Crippen LogP contribution in [0.1, 0.15) is 41.5 Å². The van der Waals surface area contributed by atoms with Crippen LogP contribution in [0.2, 0.25) is 0 Å². The normalized spacial score (nSPS) is 12.8. The summed E-state index contributed by atoms with van der Waals surface area (Å²) in [5.41, 5.74) is -0.327. The largest absolute Gasteiger partial charge is 0.465 e. The van der Waals surface area contributed by atoms with Crippen LogP contribution in [0.3, 0.4) is 0 Å². The van der Waals surface area contributed by atoms with Crippen molar-refractivity contribution in [2.75, 3.05) is 6.61 Å². The van der Waals surface area contributed by atoms with Gasteiger partial charge in [0, 0.05) is 0 Å². The molecular weight excluding hydrogens is 346 g/mol. The minimum Gasteiger partial charge on any atom is -0.465 e. The van der Waals surface area contributed by atoms with E-state index in [-0.39, 0.29) is 16.8 Å². The van der Waals surface area contributed by atoms with Gasteiger partial charge in [-0.25, -0.2) is 0 Å². The Morgan fingerprint density at radius 3 is 1.17 bits per heavy atom. The molecule has 0 unspecified atom stereocenters. The van der Waals surface area contributed by atoms with Crippen molar-refractivity contribution in [1.29, 1.82) is 0 Å². The third kappa shape index (κ3) is 11.0. The van der Waals surface area contributed by atoms with Crippen LogP contribution in [0.4, 0.5) is 26.3 Å². The fraction of sp³-hybridized carbons (Fsp3) is 0.786. The summed E-state index contributed by atoms with van der Waals surface area (Å²) in [6.07, 6.45) is -11.5. The standard InChI is InChI=1S/C10H20O2.C4F6O2/c1-9(2,3)7-12-8(11)10(4,5)6;5-3(6,7)1(11)2(12)4(8,9)10/h7H2,1-6H3;. The van der Waals surface area contributed by atoms with Gasteiger partial charge in [0.2, 0.25) is 0 Å². The predicted molar refractivity (Wildman–Crippen MR) is 72.0 cm³/mol. The second-order valence-corrected chi connectivity index (χ2v) is 7.04. The SMILES string of the molecule is CC(C)(C)COC(=O)C(C)(C)C.O=C(C(=O)C(F)(F)F)C(F)(F)F. The second kappa shape index (κ2) is 7.98. The molecule has 4 nitrogen and oxygen atoms in total. The number of alkyl halides is 6. The Kier molecular flexibility index (Phi) is 8.19. The summed E-state index contributed by atoms with van der Waals surface area (Å²) in [5.74, 6) is -6.94. The van der Waals surface area contributed by atoms with Gasteiger partial charge in [-0.05, 0) is 26.2 Å². The van der Waals surface area contributed by atoms with E-state index in [0.29, 0.717) is 6.61 Å². The van der Waals surface area contributed by atoms with Gasteiger partial charge in [-0.2, -0.15) is 26.3 Å². The highest BCUT2D eigenvalue weighted by atomic mass is 19.4. The molecule has 142 valence electrons. The summed E-state index contributed by atoms with van der Waals surface area (Å²) < 4.78 is 72.1. The number of rotatable bonds is 2. The van der Waals surface area contributed by atoms with Crippen LogP contribution in [0.5, 0.6) is 0 Å². The maximum Gasteiger partial charge on any atom is 0.458 e. The van der Waals surface area contributed by atoms with E-state index in [1.54, 1.807) is 0 Å². The van der Waals surface area contributed by atoms with Crippen molar-refractivity contribution in [2.45, 2.75) is 53.9 Å². The smallest absolute Gasteiger partial charge is 0.458 e. The third-order valence-electron chi connectivity index (χ3n) is 1.97. The van der Waals surface area contributed by atoms with Crippen LogP contribution in [-0.2, 0) is 19.1 Å². The summed E-state index contributed by atoms with van der Waals surface area (Å²) in [4.78, 5) is 30.5. The Labute approximate surface area is 135 Å². The monoisotopic (exact) mass is 366 g/mol. The van der Waals surface area contributed by atoms with Gasteiger partial charge in [-0.3, -0.25) is 14.4 Å². The summed E-state index contributed by atoms with van der Waals surface area (Å²) in [7, 11) is 0. The molecule has 10 heteroatoms. The number of ether oxygens (including phenoxy) is 1. The second-order valence-electron chi connectivity index (χ2n) is 7.04. The molecule has 0 aliphatic heterocycles. The number of Topliss-reactive ketones (excluding diaryl/α,β-unsaturated/α-hetero) is 2. The number of hydrogen-bond donors (Lipinski definition) is 0. The summed E-state index contributed by atoms with van der Waals surface area (Å²) >= 11 is 0. The van der Waals surface area contributed by atoms with E-state index < -0.39 is 23.9 Å². The van der Waals surface area contributed by atoms with Gasteiger partial charge in [-0.1, -0.05) is 20.8 Å². The summed E-state index contributed by atoms with van der Waals surface area (Å²) in [5, 5.41) is 0. The van der Waals surface area contributed by atoms with Crippen LogP contribution in [0.25, 0.3) is 0 Å². The van der Waals surface area contributed by atoms with Crippen LogP contribution in [-0.4, -0.2) is 36.5 Å². The van der Waals surface area contributed by atoms with Gasteiger partial charge in [0.15, 0.2) is 0 Å². The van der Waals surface area contributed by atoms with Gasteiger partial charge >= 0.3 is 29.9 Å². The molecule has 0 heterocycles. The molecule has 0 bridgehead atoms. The van der Waals surface area contributed by atoms with Crippen molar-refractivity contribution >= 4 is 17.5 Å². The Morgan fingerprint density at radius 2 is 1.00 bits per heavy atom. The molecule has 0 atom stereocenters. The van der Waals surface area contributed by atoms with E-state index >= 15 is 0 Å². The molecule has 0 aliphatic carbocycles. The predicted octanol–water partition coefficient (Wildman–Crippen LogP) is 3.87. The molecule has 0 rings (SSSR count). The highest BCUT2D eigenvalue weighted by Crippen LogP contribution is 2.24. The Balaban J connectivity index is 0. The summed E-state index contributed by atoms with van der Waals surface area (Å²) in [6, 6.07) is 0. The topological polar surface area (TPSA) is 60.4 Å². The Hall–Kier alpha value is -1.61. The zero-order chi connectivity index (χ0) is 20.1. The molecular formula is C14H20F6O4. The summed E-state index contributed by atoms with van der Waals surface area (Å²) in [6.45, 7) is 12.2. The van der Waals surface area contributed by atoms with Crippen molar-refractivity contribution in [1.82, 2.24) is 0 Å². The van der Waals surface area contributed by atoms with Gasteiger partial charge in [0.05, 0.1) is 12.0 Å². The number of carbonyl (C=O) groups is 3. The van der Waals surface area contributed by atoms with Crippen molar-refractivity contribution < 1.29 is 45.5 Å². The lowest BCUT2D eigenvalue weighted by molar-refractivity contribution is -0.193. The van der Waals surface area contributed by atoms with Gasteiger partial charge in [0.25, 0.3) is 0 Å². The van der Waals surface area contributed by atoms with E-state index in [2.05, 4.69) is 0 Å². The van der Waals surface area contributed by atoms with E-state index in [0.717, 1.165) is 0 Å². The lowest BCUT2D eigenvalue weighted by Crippen LogP contribution is -2.39. The minimum absolute atomic E-state index is 0.0565. The van der Waals surface area contributed by atoms with Crippen LogP contribution >= 0.6 is 0 Å². The minimum atomic E-state index is -5.77. The molecule has 0 fully saturated rings. The molecule has 0 radical (unpaired) electrons. The average molecular weight is 366 g/mol. The first-order valence-electron chi connectivity index (χ1n) is 6.59. The highest BCUT2D eigenvalue weighted by molar-refractivity contribution is 6.41. The van der Waals surface area contributed by atoms with Crippen LogP contribution in [0, 0.1) is 10.8 Å². The lowest BCUT2D eigenvalue weighted by Gasteiger charge is -2.22.